The molecule has 0 fully saturated rings. The lowest BCUT2D eigenvalue weighted by atomic mass is 9.88. The number of carbonyl (C=O) groups is 1. The van der Waals surface area contributed by atoms with Gasteiger partial charge in [0.05, 0.1) is 28.4 Å². The summed E-state index contributed by atoms with van der Waals surface area (Å²) in [5, 5.41) is 6.14. The molecule has 0 aliphatic carbocycles. The normalized spacial score (nSPS) is 19.2. The highest BCUT2D eigenvalue weighted by Crippen LogP contribution is 2.50. The molecular weight excluding hydrogens is 493 g/mol. The number of hydrogen-bond donors (Lipinski definition) is 1. The molecule has 2 amide bonds. The van der Waals surface area contributed by atoms with E-state index in [1.807, 2.05) is 0 Å². The maximum absolute atomic E-state index is 14.1. The molecule has 176 valence electrons. The van der Waals surface area contributed by atoms with E-state index in [0.29, 0.717) is 0 Å². The number of rotatable bonds is 3. The van der Waals surface area contributed by atoms with E-state index >= 15 is 0 Å². The Hall–Kier alpha value is -2.80. The topological polar surface area (TPSA) is 79.6 Å². The first-order valence-corrected chi connectivity index (χ1v) is 11.2. The Morgan fingerprint density at radius 1 is 1.30 bits per heavy atom. The lowest BCUT2D eigenvalue weighted by molar-refractivity contribution is -0.181. The van der Waals surface area contributed by atoms with E-state index in [1.165, 1.54) is 24.5 Å². The van der Waals surface area contributed by atoms with Crippen LogP contribution in [0.15, 0.2) is 35.4 Å². The number of urea groups is 1. The number of hydrogen-bond acceptors (Lipinski definition) is 4. The molecule has 33 heavy (non-hydrogen) atoms. The molecule has 1 N–H and O–H groups in total. The molecule has 1 aliphatic heterocycles. The smallest absolute Gasteiger partial charge is 0.308 e. The molecular formula is C19H15ClF5N5O2S. The van der Waals surface area contributed by atoms with Crippen molar-refractivity contribution in [3.05, 3.63) is 46.9 Å². The molecule has 14 heteroatoms. The molecule has 1 aromatic carbocycles. The fourth-order valence-corrected chi connectivity index (χ4v) is 4.65. The Morgan fingerprint density at radius 2 is 2.00 bits per heavy atom. The summed E-state index contributed by atoms with van der Waals surface area (Å²) in [5.74, 6) is 0. The molecule has 0 bridgehead atoms. The van der Waals surface area contributed by atoms with Crippen LogP contribution in [0.1, 0.15) is 24.6 Å². The quantitative estimate of drug-likeness (QED) is 0.510. The number of benzene rings is 1. The maximum atomic E-state index is 14.1. The van der Waals surface area contributed by atoms with Crippen LogP contribution in [0.3, 0.4) is 0 Å². The van der Waals surface area contributed by atoms with Crippen LogP contribution in [0, 0.1) is 0 Å². The number of nitrogens with zero attached hydrogens (tertiary/aromatic N) is 4. The highest BCUT2D eigenvalue weighted by atomic mass is 35.5. The first-order valence-electron chi connectivity index (χ1n) is 9.29. The molecule has 0 spiro atoms. The summed E-state index contributed by atoms with van der Waals surface area (Å²) in [5.41, 5.74) is -3.56. The summed E-state index contributed by atoms with van der Waals surface area (Å²) in [6, 6.07) is 3.64. The van der Waals surface area contributed by atoms with Gasteiger partial charge in [0.2, 0.25) is 0 Å². The molecule has 0 saturated heterocycles. The molecule has 0 saturated carbocycles. The van der Waals surface area contributed by atoms with E-state index in [-0.39, 0.29) is 32.8 Å². The average molecular weight is 508 g/mol. The third-order valence-corrected chi connectivity index (χ3v) is 6.57. The second-order valence-corrected chi connectivity index (χ2v) is 9.32. The van der Waals surface area contributed by atoms with Crippen molar-refractivity contribution in [3.63, 3.8) is 0 Å². The number of aromatic nitrogens is 3. The largest absolute Gasteiger partial charge is 0.401 e. The predicted octanol–water partition coefficient (Wildman–Crippen LogP) is 4.93. The number of fused-ring (bicyclic) bond motifs is 3. The number of anilines is 2. The van der Waals surface area contributed by atoms with E-state index in [2.05, 4.69) is 15.4 Å². The molecule has 7 nitrogen and oxygen atoms in total. The number of alkyl halides is 5. The van der Waals surface area contributed by atoms with Gasteiger partial charge in [-0.05, 0) is 25.1 Å². The minimum atomic E-state index is -4.76. The van der Waals surface area contributed by atoms with Crippen LogP contribution >= 0.6 is 11.6 Å². The summed E-state index contributed by atoms with van der Waals surface area (Å²) in [7, 11) is -1.70. The van der Waals surface area contributed by atoms with Gasteiger partial charge in [-0.2, -0.15) is 18.3 Å². The van der Waals surface area contributed by atoms with Crippen LogP contribution in [0.4, 0.5) is 38.1 Å². The molecule has 1 aliphatic rings. The third-order valence-electron chi connectivity index (χ3n) is 5.40. The van der Waals surface area contributed by atoms with E-state index in [4.69, 9.17) is 11.6 Å². The molecule has 2 aromatic heterocycles. The molecule has 1 unspecified atom stereocenters. The summed E-state index contributed by atoms with van der Waals surface area (Å²) >= 11 is 5.84. The molecule has 0 radical (unpaired) electrons. The fourth-order valence-electron chi connectivity index (χ4n) is 3.74. The SMILES string of the molecule is CS(=O)c1ccc(NC(=O)N2C[C@@](C)(C(F)(F)F)c3c2cnc2cc(Cl)nn32)cc1C(F)F. The molecule has 3 aromatic rings. The highest BCUT2D eigenvalue weighted by Gasteiger charge is 2.60. The van der Waals surface area contributed by atoms with E-state index in [9.17, 15) is 31.0 Å². The fraction of sp³-hybridized carbons (Fsp3) is 0.316. The van der Waals surface area contributed by atoms with Crippen LogP contribution in [0.25, 0.3) is 5.65 Å². The van der Waals surface area contributed by atoms with Crippen LogP contribution in [-0.4, -0.2) is 43.8 Å². The van der Waals surface area contributed by atoms with Crippen LogP contribution in [0.5, 0.6) is 0 Å². The van der Waals surface area contributed by atoms with Crippen LogP contribution in [0.2, 0.25) is 5.15 Å². The Kier molecular flexibility index (Phi) is 5.60. The van der Waals surface area contributed by atoms with Crippen molar-refractivity contribution in [2.75, 3.05) is 23.0 Å². The van der Waals surface area contributed by atoms with Crippen LogP contribution in [-0.2, 0) is 16.2 Å². The number of amides is 2. The molecule has 2 atom stereocenters. The Labute approximate surface area is 191 Å². The first kappa shape index (κ1) is 23.4. The molecule has 4 rings (SSSR count). The second kappa shape index (κ2) is 7.90. The van der Waals surface area contributed by atoms with Gasteiger partial charge in [0.25, 0.3) is 6.43 Å². The monoisotopic (exact) mass is 507 g/mol. The summed E-state index contributed by atoms with van der Waals surface area (Å²) in [4.78, 5) is 17.7. The van der Waals surface area contributed by atoms with Gasteiger partial charge in [0, 0.05) is 35.0 Å². The van der Waals surface area contributed by atoms with Crippen LogP contribution < -0.4 is 10.2 Å². The number of halogens is 6. The van der Waals surface area contributed by atoms with Gasteiger partial charge in [-0.3, -0.25) is 9.11 Å². The Bertz CT molecular complexity index is 1300. The number of nitrogens with one attached hydrogen (secondary N) is 1. The summed E-state index contributed by atoms with van der Waals surface area (Å²) in [6.45, 7) is 0.128. The van der Waals surface area contributed by atoms with Crippen molar-refractivity contribution < 1.29 is 31.0 Å². The van der Waals surface area contributed by atoms with Gasteiger partial charge in [-0.15, -0.1) is 0 Å². The van der Waals surface area contributed by atoms with Gasteiger partial charge in [0.15, 0.2) is 10.8 Å². The minimum Gasteiger partial charge on any atom is -0.308 e. The Balaban J connectivity index is 1.76. The van der Waals surface area contributed by atoms with Gasteiger partial charge in [-0.1, -0.05) is 11.6 Å². The van der Waals surface area contributed by atoms with Crippen molar-refractivity contribution in [1.82, 2.24) is 14.6 Å². The van der Waals surface area contributed by atoms with Crippen molar-refractivity contribution in [3.8, 4) is 0 Å². The summed E-state index contributed by atoms with van der Waals surface area (Å²) in [6.07, 6.45) is -5.40. The second-order valence-electron chi connectivity index (χ2n) is 7.58. The van der Waals surface area contributed by atoms with Gasteiger partial charge >= 0.3 is 12.2 Å². The van der Waals surface area contributed by atoms with Crippen molar-refractivity contribution in [2.24, 2.45) is 0 Å². The van der Waals surface area contributed by atoms with Crippen molar-refractivity contribution >= 4 is 45.5 Å². The van der Waals surface area contributed by atoms with E-state index < -0.39 is 47.0 Å². The van der Waals surface area contributed by atoms with E-state index in [0.717, 1.165) is 28.6 Å². The lowest BCUT2D eigenvalue weighted by Crippen LogP contribution is -2.46. The van der Waals surface area contributed by atoms with Gasteiger partial charge in [0.1, 0.15) is 5.41 Å². The zero-order valence-corrected chi connectivity index (χ0v) is 18.5. The highest BCUT2D eigenvalue weighted by molar-refractivity contribution is 7.84. The predicted molar refractivity (Wildman–Crippen MR) is 112 cm³/mol. The summed E-state index contributed by atoms with van der Waals surface area (Å²) < 4.78 is 81.7. The average Bonchev–Trinajstić information content (AvgIpc) is 3.24. The zero-order valence-electron chi connectivity index (χ0n) is 17.0. The van der Waals surface area contributed by atoms with Gasteiger partial charge in [-0.25, -0.2) is 23.1 Å². The minimum absolute atomic E-state index is 0.0706. The maximum Gasteiger partial charge on any atom is 0.401 e. The first-order chi connectivity index (χ1) is 15.3. The number of carbonyl (C=O) groups excluding carboxylic acids is 1. The van der Waals surface area contributed by atoms with Crippen molar-refractivity contribution in [1.29, 1.82) is 0 Å². The third kappa shape index (κ3) is 3.82. The van der Waals surface area contributed by atoms with E-state index in [1.54, 1.807) is 0 Å². The van der Waals surface area contributed by atoms with Gasteiger partial charge < -0.3 is 5.32 Å². The standard InChI is InChI=1S/C19H15ClF5N5O2S/c1-18(19(23,24)25)8-29(11-7-26-14-6-13(20)28-30(14)15(11)18)17(31)27-9-3-4-12(33(2)32)10(5-9)16(21)22/h3-7,16H,8H2,1-2H3,(H,27,31)/t18-,33?/m1/s1. The Morgan fingerprint density at radius 3 is 2.61 bits per heavy atom. The lowest BCUT2D eigenvalue weighted by Gasteiger charge is -2.28. The zero-order chi connectivity index (χ0) is 24.3. The van der Waals surface area contributed by atoms with Crippen molar-refractivity contribution in [2.45, 2.75) is 29.8 Å². The molecule has 3 heterocycles.